The van der Waals surface area contributed by atoms with Gasteiger partial charge in [-0.1, -0.05) is 11.6 Å². The molecule has 0 aliphatic carbocycles. The molecular formula is C14H18ClF3N2O. The highest BCUT2D eigenvalue weighted by molar-refractivity contribution is 6.31. The van der Waals surface area contributed by atoms with Crippen LogP contribution in [0.4, 0.5) is 13.2 Å². The molecule has 7 heteroatoms. The lowest BCUT2D eigenvalue weighted by Gasteiger charge is -2.34. The van der Waals surface area contributed by atoms with Gasteiger partial charge in [-0.05, 0) is 23.8 Å². The van der Waals surface area contributed by atoms with Crippen molar-refractivity contribution in [1.82, 2.24) is 9.80 Å². The van der Waals surface area contributed by atoms with Gasteiger partial charge >= 0.3 is 6.18 Å². The summed E-state index contributed by atoms with van der Waals surface area (Å²) >= 11 is 6.01. The Morgan fingerprint density at radius 3 is 2.29 bits per heavy atom. The highest BCUT2D eigenvalue weighted by Gasteiger charge is 2.31. The molecule has 0 aromatic heterocycles. The third kappa shape index (κ3) is 4.57. The second-order valence-electron chi connectivity index (χ2n) is 5.15. The van der Waals surface area contributed by atoms with Crippen LogP contribution < -0.4 is 0 Å². The van der Waals surface area contributed by atoms with E-state index >= 15 is 0 Å². The molecule has 0 amide bonds. The van der Waals surface area contributed by atoms with E-state index in [-0.39, 0.29) is 6.61 Å². The molecule has 2 rings (SSSR count). The van der Waals surface area contributed by atoms with E-state index < -0.39 is 11.7 Å². The van der Waals surface area contributed by atoms with Crippen LogP contribution in [0.25, 0.3) is 0 Å². The molecule has 1 heterocycles. The van der Waals surface area contributed by atoms with Crippen LogP contribution in [-0.4, -0.2) is 54.2 Å². The summed E-state index contributed by atoms with van der Waals surface area (Å²) < 4.78 is 38.2. The maximum Gasteiger partial charge on any atom is 0.416 e. The van der Waals surface area contributed by atoms with Gasteiger partial charge in [-0.25, -0.2) is 0 Å². The van der Waals surface area contributed by atoms with Gasteiger partial charge < -0.3 is 5.11 Å². The molecule has 0 radical (unpaired) electrons. The zero-order valence-corrected chi connectivity index (χ0v) is 12.3. The molecular weight excluding hydrogens is 305 g/mol. The van der Waals surface area contributed by atoms with Crippen LogP contribution in [0.2, 0.25) is 5.02 Å². The Hall–Kier alpha value is -0.820. The van der Waals surface area contributed by atoms with Gasteiger partial charge in [0.1, 0.15) is 0 Å². The van der Waals surface area contributed by atoms with Crippen molar-refractivity contribution in [2.75, 3.05) is 39.3 Å². The number of halogens is 4. The molecule has 1 saturated heterocycles. The summed E-state index contributed by atoms with van der Waals surface area (Å²) in [5.41, 5.74) is -0.164. The van der Waals surface area contributed by atoms with Crippen LogP contribution in [0.1, 0.15) is 11.1 Å². The molecule has 1 aliphatic rings. The number of aliphatic hydroxyl groups excluding tert-OH is 1. The largest absolute Gasteiger partial charge is 0.416 e. The van der Waals surface area contributed by atoms with E-state index in [1.54, 1.807) is 0 Å². The van der Waals surface area contributed by atoms with E-state index in [4.69, 9.17) is 16.7 Å². The molecule has 1 aromatic rings. The van der Waals surface area contributed by atoms with Crippen LogP contribution in [-0.2, 0) is 12.7 Å². The van der Waals surface area contributed by atoms with Gasteiger partial charge in [-0.2, -0.15) is 13.2 Å². The summed E-state index contributed by atoms with van der Waals surface area (Å²) in [7, 11) is 0. The Morgan fingerprint density at radius 2 is 1.71 bits per heavy atom. The van der Waals surface area contributed by atoms with Crippen molar-refractivity contribution >= 4 is 11.6 Å². The van der Waals surface area contributed by atoms with E-state index in [2.05, 4.69) is 9.80 Å². The second-order valence-corrected chi connectivity index (χ2v) is 5.55. The number of nitrogens with zero attached hydrogens (tertiary/aromatic N) is 2. The Morgan fingerprint density at radius 1 is 1.10 bits per heavy atom. The van der Waals surface area contributed by atoms with Gasteiger partial charge in [0.05, 0.1) is 12.2 Å². The quantitative estimate of drug-likeness (QED) is 0.922. The third-order valence-corrected chi connectivity index (χ3v) is 4.02. The first kappa shape index (κ1) is 16.5. The fourth-order valence-electron chi connectivity index (χ4n) is 2.43. The fourth-order valence-corrected chi connectivity index (χ4v) is 2.60. The lowest BCUT2D eigenvalue weighted by atomic mass is 10.1. The Labute approximate surface area is 126 Å². The zero-order chi connectivity index (χ0) is 15.5. The van der Waals surface area contributed by atoms with E-state index in [0.29, 0.717) is 23.7 Å². The van der Waals surface area contributed by atoms with Crippen molar-refractivity contribution in [3.05, 3.63) is 34.3 Å². The Bertz CT molecular complexity index is 474. The van der Waals surface area contributed by atoms with Crippen LogP contribution in [0.15, 0.2) is 18.2 Å². The van der Waals surface area contributed by atoms with Gasteiger partial charge in [0.25, 0.3) is 0 Å². The number of β-amino-alcohol motifs (C(OH)–C–C–N with tert-alkyl or cyclic N) is 1. The van der Waals surface area contributed by atoms with Crippen LogP contribution in [0.5, 0.6) is 0 Å². The van der Waals surface area contributed by atoms with E-state index in [1.165, 1.54) is 6.07 Å². The highest BCUT2D eigenvalue weighted by atomic mass is 35.5. The van der Waals surface area contributed by atoms with Crippen molar-refractivity contribution in [3.63, 3.8) is 0 Å². The number of piperazine rings is 1. The molecule has 118 valence electrons. The standard InChI is InChI=1S/C14H18ClF3N2O/c15-13-2-1-12(14(16,17)18)9-11(13)10-20-5-3-19(4-6-20)7-8-21/h1-2,9,21H,3-8,10H2. The van der Waals surface area contributed by atoms with E-state index in [9.17, 15) is 13.2 Å². The molecule has 0 spiro atoms. The Kier molecular flexibility index (Phi) is 5.48. The predicted molar refractivity (Wildman–Crippen MR) is 75.3 cm³/mol. The van der Waals surface area contributed by atoms with Crippen molar-refractivity contribution < 1.29 is 18.3 Å². The molecule has 0 saturated carbocycles. The van der Waals surface area contributed by atoms with Crippen LogP contribution >= 0.6 is 11.6 Å². The molecule has 3 nitrogen and oxygen atoms in total. The van der Waals surface area contributed by atoms with Gasteiger partial charge in [-0.15, -0.1) is 0 Å². The maximum atomic E-state index is 12.7. The number of benzene rings is 1. The number of hydrogen-bond donors (Lipinski definition) is 1. The minimum absolute atomic E-state index is 0.124. The molecule has 21 heavy (non-hydrogen) atoms. The summed E-state index contributed by atoms with van der Waals surface area (Å²) in [6.07, 6.45) is -4.35. The predicted octanol–water partition coefficient (Wildman–Crippen LogP) is 2.47. The van der Waals surface area contributed by atoms with Gasteiger partial charge in [0.15, 0.2) is 0 Å². The van der Waals surface area contributed by atoms with Gasteiger partial charge in [0.2, 0.25) is 0 Å². The van der Waals surface area contributed by atoms with Crippen LogP contribution in [0, 0.1) is 0 Å². The smallest absolute Gasteiger partial charge is 0.395 e. The lowest BCUT2D eigenvalue weighted by molar-refractivity contribution is -0.137. The molecule has 1 fully saturated rings. The van der Waals surface area contributed by atoms with Gasteiger partial charge in [-0.3, -0.25) is 9.80 Å². The van der Waals surface area contributed by atoms with Crippen molar-refractivity contribution in [1.29, 1.82) is 0 Å². The fraction of sp³-hybridized carbons (Fsp3) is 0.571. The summed E-state index contributed by atoms with van der Waals surface area (Å²) in [5, 5.41) is 9.25. The summed E-state index contributed by atoms with van der Waals surface area (Å²) in [6, 6.07) is 3.44. The Balaban J connectivity index is 2.00. The first-order valence-corrected chi connectivity index (χ1v) is 7.19. The van der Waals surface area contributed by atoms with Crippen molar-refractivity contribution in [2.24, 2.45) is 0 Å². The first-order valence-electron chi connectivity index (χ1n) is 6.81. The molecule has 1 aromatic carbocycles. The number of alkyl halides is 3. The van der Waals surface area contributed by atoms with Gasteiger partial charge in [0, 0.05) is 44.3 Å². The molecule has 1 N–H and O–H groups in total. The average molecular weight is 323 g/mol. The molecule has 0 bridgehead atoms. The lowest BCUT2D eigenvalue weighted by Crippen LogP contribution is -2.46. The van der Waals surface area contributed by atoms with Crippen molar-refractivity contribution in [3.8, 4) is 0 Å². The minimum atomic E-state index is -4.35. The van der Waals surface area contributed by atoms with E-state index in [0.717, 1.165) is 38.3 Å². The monoisotopic (exact) mass is 322 g/mol. The number of rotatable bonds is 4. The maximum absolute atomic E-state index is 12.7. The zero-order valence-electron chi connectivity index (χ0n) is 11.5. The van der Waals surface area contributed by atoms with E-state index in [1.807, 2.05) is 0 Å². The number of hydrogen-bond acceptors (Lipinski definition) is 3. The highest BCUT2D eigenvalue weighted by Crippen LogP contribution is 2.32. The number of aliphatic hydroxyl groups is 1. The summed E-state index contributed by atoms with van der Waals surface area (Å²) in [5.74, 6) is 0. The minimum Gasteiger partial charge on any atom is -0.395 e. The topological polar surface area (TPSA) is 26.7 Å². The molecule has 0 unspecified atom stereocenters. The van der Waals surface area contributed by atoms with Crippen LogP contribution in [0.3, 0.4) is 0 Å². The first-order chi connectivity index (χ1) is 9.90. The normalized spacial score (nSPS) is 18.1. The summed E-state index contributed by atoms with van der Waals surface area (Å²) in [6.45, 7) is 4.29. The summed E-state index contributed by atoms with van der Waals surface area (Å²) in [4.78, 5) is 4.21. The average Bonchev–Trinajstić information content (AvgIpc) is 2.42. The third-order valence-electron chi connectivity index (χ3n) is 3.65. The molecule has 0 atom stereocenters. The molecule has 1 aliphatic heterocycles. The SMILES string of the molecule is OCCN1CCN(Cc2cc(C(F)(F)F)ccc2Cl)CC1. The van der Waals surface area contributed by atoms with Crippen molar-refractivity contribution in [2.45, 2.75) is 12.7 Å². The second kappa shape index (κ2) is 6.96.